The summed E-state index contributed by atoms with van der Waals surface area (Å²) in [6, 6.07) is 55.4. The number of hydrogen-bond donors (Lipinski definition) is 0. The zero-order chi connectivity index (χ0) is 32.1. The fraction of sp³-hybridized carbons (Fsp3) is 0. The van der Waals surface area contributed by atoms with Crippen LogP contribution < -0.4 is 0 Å². The molecule has 3 heteroatoms. The highest BCUT2D eigenvalue weighted by Crippen LogP contribution is 2.43. The van der Waals surface area contributed by atoms with E-state index in [1.54, 1.807) is 12.4 Å². The molecule has 226 valence electrons. The molecule has 0 amide bonds. The van der Waals surface area contributed by atoms with E-state index in [0.717, 1.165) is 27.4 Å². The van der Waals surface area contributed by atoms with Crippen LogP contribution in [0, 0.1) is 0 Å². The van der Waals surface area contributed by atoms with Crippen molar-refractivity contribution in [1.82, 2.24) is 14.4 Å². The summed E-state index contributed by atoms with van der Waals surface area (Å²) >= 11 is 0. The Morgan fingerprint density at radius 1 is 0.306 bits per heavy atom. The lowest BCUT2D eigenvalue weighted by molar-refractivity contribution is 1.31. The molecular formula is C46H27N3. The molecule has 0 aliphatic rings. The van der Waals surface area contributed by atoms with Crippen molar-refractivity contribution in [2.75, 3.05) is 0 Å². The van der Waals surface area contributed by atoms with Crippen LogP contribution in [0.4, 0.5) is 0 Å². The van der Waals surface area contributed by atoms with Gasteiger partial charge < -0.3 is 4.40 Å². The lowest BCUT2D eigenvalue weighted by Gasteiger charge is -2.11. The molecule has 3 aromatic heterocycles. The number of hydrogen-bond acceptors (Lipinski definition) is 2. The molecule has 0 atom stereocenters. The van der Waals surface area contributed by atoms with Crippen molar-refractivity contribution < 1.29 is 0 Å². The van der Waals surface area contributed by atoms with Gasteiger partial charge in [-0.05, 0) is 86.6 Å². The first-order valence-corrected chi connectivity index (χ1v) is 16.7. The molecular weight excluding hydrogens is 595 g/mol. The molecule has 0 saturated carbocycles. The highest BCUT2D eigenvalue weighted by molar-refractivity contribution is 6.25. The maximum absolute atomic E-state index is 4.80. The fourth-order valence-corrected chi connectivity index (χ4v) is 8.17. The van der Waals surface area contributed by atoms with E-state index in [1.807, 2.05) is 0 Å². The quantitative estimate of drug-likeness (QED) is 0.184. The normalized spacial score (nSPS) is 12.1. The Morgan fingerprint density at radius 2 is 0.837 bits per heavy atom. The van der Waals surface area contributed by atoms with Gasteiger partial charge in [0, 0.05) is 44.7 Å². The zero-order valence-electron chi connectivity index (χ0n) is 26.4. The van der Waals surface area contributed by atoms with Gasteiger partial charge in [0.05, 0.1) is 27.6 Å². The molecule has 3 heterocycles. The molecule has 3 nitrogen and oxygen atoms in total. The Balaban J connectivity index is 1.10. The Hall–Kier alpha value is -6.58. The minimum Gasteiger partial charge on any atom is -0.308 e. The fourth-order valence-electron chi connectivity index (χ4n) is 8.17. The number of fused-ring (bicyclic) bond motifs is 12. The van der Waals surface area contributed by atoms with Crippen LogP contribution in [0.25, 0.3) is 104 Å². The standard InChI is InChI=1S/C46H27N3/c1-2-9-28(10-3-1)33-26-40-36-14-6-7-16-42(36)49-43-20-18-32(24-38(43)41(27-33)46(40)49)30-12-8-11-29(23-30)31-17-19-35-34-13-4-5-15-37(34)44-45(39(35)25-31)48-22-21-47-44/h1-27H. The second kappa shape index (κ2) is 9.96. The van der Waals surface area contributed by atoms with Crippen LogP contribution >= 0.6 is 0 Å². The van der Waals surface area contributed by atoms with Gasteiger partial charge in [0.25, 0.3) is 0 Å². The third kappa shape index (κ3) is 3.78. The number of rotatable bonds is 3. The van der Waals surface area contributed by atoms with E-state index in [1.165, 1.54) is 76.7 Å². The van der Waals surface area contributed by atoms with Gasteiger partial charge in [-0.25, -0.2) is 0 Å². The molecule has 0 bridgehead atoms. The maximum atomic E-state index is 4.80. The van der Waals surface area contributed by atoms with E-state index in [0.29, 0.717) is 0 Å². The van der Waals surface area contributed by atoms with Crippen molar-refractivity contribution in [2.45, 2.75) is 0 Å². The van der Waals surface area contributed by atoms with Gasteiger partial charge in [0.15, 0.2) is 0 Å². The molecule has 0 spiro atoms. The molecule has 0 fully saturated rings. The van der Waals surface area contributed by atoms with E-state index < -0.39 is 0 Å². The molecule has 0 aliphatic carbocycles. The zero-order valence-corrected chi connectivity index (χ0v) is 26.4. The Bertz CT molecular complexity index is 3060. The van der Waals surface area contributed by atoms with E-state index in [-0.39, 0.29) is 0 Å². The van der Waals surface area contributed by atoms with Gasteiger partial charge in [-0.15, -0.1) is 0 Å². The van der Waals surface area contributed by atoms with E-state index >= 15 is 0 Å². The molecule has 11 aromatic rings. The van der Waals surface area contributed by atoms with Gasteiger partial charge in [0.2, 0.25) is 0 Å². The second-order valence-electron chi connectivity index (χ2n) is 13.0. The maximum Gasteiger partial charge on any atom is 0.0971 e. The average Bonchev–Trinajstić information content (AvgIpc) is 3.69. The minimum atomic E-state index is 0.938. The molecule has 8 aromatic carbocycles. The van der Waals surface area contributed by atoms with Crippen molar-refractivity contribution in [1.29, 1.82) is 0 Å². The van der Waals surface area contributed by atoms with Gasteiger partial charge in [-0.3, -0.25) is 9.97 Å². The van der Waals surface area contributed by atoms with E-state index in [9.17, 15) is 0 Å². The van der Waals surface area contributed by atoms with Gasteiger partial charge in [0.1, 0.15) is 0 Å². The largest absolute Gasteiger partial charge is 0.308 e. The van der Waals surface area contributed by atoms with Gasteiger partial charge in [-0.1, -0.05) is 109 Å². The van der Waals surface area contributed by atoms with Crippen LogP contribution in [0.5, 0.6) is 0 Å². The molecule has 0 aliphatic heterocycles. The third-order valence-corrected chi connectivity index (χ3v) is 10.4. The predicted molar refractivity (Wildman–Crippen MR) is 206 cm³/mol. The number of benzene rings is 8. The van der Waals surface area contributed by atoms with Crippen LogP contribution in [0.15, 0.2) is 164 Å². The van der Waals surface area contributed by atoms with Crippen LogP contribution in [0.1, 0.15) is 0 Å². The third-order valence-electron chi connectivity index (χ3n) is 10.4. The minimum absolute atomic E-state index is 0.938. The van der Waals surface area contributed by atoms with Crippen molar-refractivity contribution in [3.05, 3.63) is 164 Å². The second-order valence-corrected chi connectivity index (χ2v) is 13.0. The summed E-state index contributed by atoms with van der Waals surface area (Å²) in [6.45, 7) is 0. The summed E-state index contributed by atoms with van der Waals surface area (Å²) in [5, 5.41) is 9.81. The van der Waals surface area contributed by atoms with Crippen molar-refractivity contribution in [2.24, 2.45) is 0 Å². The first-order valence-electron chi connectivity index (χ1n) is 16.7. The summed E-state index contributed by atoms with van der Waals surface area (Å²) in [4.78, 5) is 9.55. The van der Waals surface area contributed by atoms with Crippen molar-refractivity contribution >= 4 is 70.7 Å². The molecule has 0 saturated heterocycles. The highest BCUT2D eigenvalue weighted by atomic mass is 14.9. The Morgan fingerprint density at radius 3 is 1.63 bits per heavy atom. The van der Waals surface area contributed by atoms with Gasteiger partial charge >= 0.3 is 0 Å². The molecule has 11 rings (SSSR count). The predicted octanol–water partition coefficient (Wildman–Crippen LogP) is 12.1. The summed E-state index contributed by atoms with van der Waals surface area (Å²) in [5.74, 6) is 0. The summed E-state index contributed by atoms with van der Waals surface area (Å²) < 4.78 is 2.45. The van der Waals surface area contributed by atoms with Gasteiger partial charge in [-0.2, -0.15) is 0 Å². The smallest absolute Gasteiger partial charge is 0.0971 e. The SMILES string of the molecule is c1ccc(-c2cc3c4ccccc4n4c5ccc(-c6cccc(-c7ccc8c9ccccc9c9nccnc9c8c7)c6)cc5c(c2)c34)cc1. The first kappa shape index (κ1) is 26.5. The van der Waals surface area contributed by atoms with Crippen LogP contribution in [-0.2, 0) is 0 Å². The molecule has 0 N–H and O–H groups in total. The lowest BCUT2D eigenvalue weighted by Crippen LogP contribution is -1.89. The van der Waals surface area contributed by atoms with Crippen LogP contribution in [0.3, 0.4) is 0 Å². The average molecular weight is 622 g/mol. The number of para-hydroxylation sites is 1. The Kier molecular flexibility index (Phi) is 5.38. The van der Waals surface area contributed by atoms with Crippen LogP contribution in [-0.4, -0.2) is 14.4 Å². The molecule has 0 unspecified atom stereocenters. The summed E-state index contributed by atoms with van der Waals surface area (Å²) in [5.41, 5.74) is 12.9. The topological polar surface area (TPSA) is 30.2 Å². The van der Waals surface area contributed by atoms with E-state index in [2.05, 4.69) is 156 Å². The number of aromatic nitrogens is 3. The van der Waals surface area contributed by atoms with Crippen molar-refractivity contribution in [3.63, 3.8) is 0 Å². The summed E-state index contributed by atoms with van der Waals surface area (Å²) in [6.07, 6.45) is 3.58. The highest BCUT2D eigenvalue weighted by Gasteiger charge is 2.19. The molecule has 0 radical (unpaired) electrons. The first-order chi connectivity index (χ1) is 24.3. The lowest BCUT2D eigenvalue weighted by atomic mass is 9.94. The van der Waals surface area contributed by atoms with E-state index in [4.69, 9.17) is 9.97 Å². The summed E-state index contributed by atoms with van der Waals surface area (Å²) in [7, 11) is 0. The van der Waals surface area contributed by atoms with Crippen molar-refractivity contribution in [3.8, 4) is 33.4 Å². The Labute approximate surface area is 281 Å². The van der Waals surface area contributed by atoms with Crippen LogP contribution in [0.2, 0.25) is 0 Å². The molecule has 49 heavy (non-hydrogen) atoms. The monoisotopic (exact) mass is 621 g/mol. The number of nitrogens with zero attached hydrogens (tertiary/aromatic N) is 3.